The van der Waals surface area contributed by atoms with Crippen LogP contribution in [0.2, 0.25) is 0 Å². The zero-order valence-electron chi connectivity index (χ0n) is 10.1. The highest BCUT2D eigenvalue weighted by Crippen LogP contribution is 2.32. The molecule has 1 aromatic heterocycles. The van der Waals surface area contributed by atoms with Gasteiger partial charge in [-0.1, -0.05) is 0 Å². The molecule has 7 heteroatoms. The van der Waals surface area contributed by atoms with E-state index >= 15 is 0 Å². The van der Waals surface area contributed by atoms with E-state index in [1.165, 1.54) is 15.7 Å². The van der Waals surface area contributed by atoms with Gasteiger partial charge in [-0.3, -0.25) is 4.79 Å². The lowest BCUT2D eigenvalue weighted by atomic mass is 10.2. The zero-order valence-corrected chi connectivity index (χ0v) is 10.1. The highest BCUT2D eigenvalue weighted by molar-refractivity contribution is 5.75. The highest BCUT2D eigenvalue weighted by Gasteiger charge is 2.39. The minimum atomic E-state index is -4.70. The van der Waals surface area contributed by atoms with E-state index in [9.17, 15) is 18.0 Å². The molecule has 0 aliphatic rings. The molecule has 18 heavy (non-hydrogen) atoms. The normalized spacial score (nSPS) is 13.4. The molecule has 0 aromatic carbocycles. The molecule has 0 aliphatic carbocycles. The number of alkyl halides is 3. The number of carbonyl (C=O) groups is 1. The summed E-state index contributed by atoms with van der Waals surface area (Å²) in [5.41, 5.74) is -0.269. The fourth-order valence-corrected chi connectivity index (χ4v) is 1.36. The highest BCUT2D eigenvalue weighted by atomic mass is 19.4. The predicted octanol–water partition coefficient (Wildman–Crippen LogP) is 1.56. The van der Waals surface area contributed by atoms with Crippen LogP contribution in [-0.4, -0.2) is 40.2 Å². The number of aliphatic hydroxyl groups is 1. The lowest BCUT2D eigenvalue weighted by Crippen LogP contribution is -2.29. The van der Waals surface area contributed by atoms with Crippen molar-refractivity contribution in [1.29, 1.82) is 0 Å². The number of amides is 1. The van der Waals surface area contributed by atoms with E-state index in [1.54, 1.807) is 14.0 Å². The van der Waals surface area contributed by atoms with Crippen LogP contribution in [0.25, 0.3) is 0 Å². The Balaban J connectivity index is 2.73. The van der Waals surface area contributed by atoms with E-state index in [0.29, 0.717) is 6.54 Å². The third kappa shape index (κ3) is 3.49. The van der Waals surface area contributed by atoms with Crippen molar-refractivity contribution in [2.45, 2.75) is 25.7 Å². The Labute approximate surface area is 103 Å². The fraction of sp³-hybridized carbons (Fsp3) is 0.545. The summed E-state index contributed by atoms with van der Waals surface area (Å²) < 4.78 is 38.1. The Morgan fingerprint density at radius 3 is 2.67 bits per heavy atom. The summed E-state index contributed by atoms with van der Waals surface area (Å²) in [5, 5.41) is 9.03. The lowest BCUT2D eigenvalue weighted by molar-refractivity contribution is -0.206. The molecular weight excluding hydrogens is 249 g/mol. The van der Waals surface area contributed by atoms with Gasteiger partial charge in [0.05, 0.1) is 0 Å². The predicted molar refractivity (Wildman–Crippen MR) is 58.8 cm³/mol. The Hall–Kier alpha value is -1.50. The molecule has 0 radical (unpaired) electrons. The van der Waals surface area contributed by atoms with Crippen LogP contribution in [0.1, 0.15) is 18.6 Å². The second-order valence-electron chi connectivity index (χ2n) is 3.97. The van der Waals surface area contributed by atoms with E-state index in [2.05, 4.69) is 0 Å². The molecule has 1 atom stereocenters. The van der Waals surface area contributed by atoms with Crippen LogP contribution in [-0.2, 0) is 11.3 Å². The van der Waals surface area contributed by atoms with Gasteiger partial charge in [-0.15, -0.1) is 0 Å². The van der Waals surface area contributed by atoms with Crippen LogP contribution >= 0.6 is 0 Å². The SMILES string of the molecule is CCN(C)C(=O)Cn1ccc(C(O)C(F)(F)F)c1. The number of hydrogen-bond acceptors (Lipinski definition) is 2. The van der Waals surface area contributed by atoms with Crippen molar-refractivity contribution in [3.8, 4) is 0 Å². The molecule has 0 spiro atoms. The maximum absolute atomic E-state index is 12.3. The maximum Gasteiger partial charge on any atom is 0.418 e. The molecule has 0 bridgehead atoms. The van der Waals surface area contributed by atoms with Crippen LogP contribution in [0, 0.1) is 0 Å². The third-order valence-corrected chi connectivity index (χ3v) is 2.62. The van der Waals surface area contributed by atoms with Gasteiger partial charge in [0.25, 0.3) is 0 Å². The first-order valence-corrected chi connectivity index (χ1v) is 5.40. The Kier molecular flexibility index (Phi) is 4.39. The van der Waals surface area contributed by atoms with Crippen LogP contribution in [0.4, 0.5) is 13.2 Å². The Bertz CT molecular complexity index is 415. The molecule has 102 valence electrons. The van der Waals surface area contributed by atoms with Gasteiger partial charge in [-0.2, -0.15) is 13.2 Å². The van der Waals surface area contributed by atoms with Crippen LogP contribution in [0.3, 0.4) is 0 Å². The van der Waals surface area contributed by atoms with Gasteiger partial charge in [-0.25, -0.2) is 0 Å². The summed E-state index contributed by atoms with van der Waals surface area (Å²) in [6, 6.07) is 1.15. The smallest absolute Gasteiger partial charge is 0.379 e. The quantitative estimate of drug-likeness (QED) is 0.897. The van der Waals surface area contributed by atoms with E-state index in [4.69, 9.17) is 5.11 Å². The topological polar surface area (TPSA) is 45.5 Å². The first-order valence-electron chi connectivity index (χ1n) is 5.40. The third-order valence-electron chi connectivity index (χ3n) is 2.62. The average Bonchev–Trinajstić information content (AvgIpc) is 2.73. The van der Waals surface area contributed by atoms with Gasteiger partial charge < -0.3 is 14.6 Å². The number of halogens is 3. The summed E-state index contributed by atoms with van der Waals surface area (Å²) in [6.45, 7) is 2.28. The molecule has 0 saturated heterocycles. The molecule has 1 amide bonds. The summed E-state index contributed by atoms with van der Waals surface area (Å²) >= 11 is 0. The average molecular weight is 264 g/mol. The number of likely N-dealkylation sites (N-methyl/N-ethyl adjacent to an activating group) is 1. The molecule has 1 aromatic rings. The van der Waals surface area contributed by atoms with E-state index in [0.717, 1.165) is 12.3 Å². The fourth-order valence-electron chi connectivity index (χ4n) is 1.36. The first kappa shape index (κ1) is 14.6. The molecule has 0 saturated carbocycles. The lowest BCUT2D eigenvalue weighted by Gasteiger charge is -2.15. The van der Waals surface area contributed by atoms with Crippen molar-refractivity contribution < 1.29 is 23.1 Å². The molecule has 1 rings (SSSR count). The molecular formula is C11H15F3N2O2. The van der Waals surface area contributed by atoms with Crippen molar-refractivity contribution in [1.82, 2.24) is 9.47 Å². The number of hydrogen-bond donors (Lipinski definition) is 1. The molecule has 0 aliphatic heterocycles. The van der Waals surface area contributed by atoms with Gasteiger partial charge in [-0.05, 0) is 13.0 Å². The van der Waals surface area contributed by atoms with E-state index in [-0.39, 0.29) is 18.0 Å². The first-order chi connectivity index (χ1) is 8.25. The number of carbonyl (C=O) groups excluding carboxylic acids is 1. The standard InChI is InChI=1S/C11H15F3N2O2/c1-3-15(2)9(17)7-16-5-4-8(6-16)10(18)11(12,13)14/h4-6,10,18H,3,7H2,1-2H3. The van der Waals surface area contributed by atoms with Gasteiger partial charge in [0.1, 0.15) is 6.54 Å². The van der Waals surface area contributed by atoms with Crippen LogP contribution in [0.15, 0.2) is 18.5 Å². The van der Waals surface area contributed by atoms with E-state index < -0.39 is 12.3 Å². The van der Waals surface area contributed by atoms with Gasteiger partial charge in [0, 0.05) is 31.5 Å². The van der Waals surface area contributed by atoms with Crippen molar-refractivity contribution in [3.05, 3.63) is 24.0 Å². The van der Waals surface area contributed by atoms with Gasteiger partial charge >= 0.3 is 6.18 Å². The summed E-state index contributed by atoms with van der Waals surface area (Å²) in [6.07, 6.45) is -4.75. The Morgan fingerprint density at radius 2 is 2.17 bits per heavy atom. The molecule has 1 N–H and O–H groups in total. The molecule has 0 fully saturated rings. The molecule has 1 unspecified atom stereocenters. The van der Waals surface area contributed by atoms with Gasteiger partial charge in [0.15, 0.2) is 6.10 Å². The second-order valence-corrected chi connectivity index (χ2v) is 3.97. The molecule has 4 nitrogen and oxygen atoms in total. The largest absolute Gasteiger partial charge is 0.418 e. The van der Waals surface area contributed by atoms with Crippen LogP contribution < -0.4 is 0 Å². The number of rotatable bonds is 4. The minimum Gasteiger partial charge on any atom is -0.379 e. The van der Waals surface area contributed by atoms with Crippen molar-refractivity contribution in [2.24, 2.45) is 0 Å². The van der Waals surface area contributed by atoms with Crippen molar-refractivity contribution in [3.63, 3.8) is 0 Å². The number of nitrogens with zero attached hydrogens (tertiary/aromatic N) is 2. The molecule has 1 heterocycles. The van der Waals surface area contributed by atoms with Crippen molar-refractivity contribution in [2.75, 3.05) is 13.6 Å². The van der Waals surface area contributed by atoms with Crippen molar-refractivity contribution >= 4 is 5.91 Å². The van der Waals surface area contributed by atoms with Gasteiger partial charge in [0.2, 0.25) is 5.91 Å². The Morgan fingerprint density at radius 1 is 1.56 bits per heavy atom. The summed E-state index contributed by atoms with van der Waals surface area (Å²) in [4.78, 5) is 13.0. The number of aromatic nitrogens is 1. The summed E-state index contributed by atoms with van der Waals surface area (Å²) in [7, 11) is 1.61. The maximum atomic E-state index is 12.3. The minimum absolute atomic E-state index is 0.0467. The second kappa shape index (κ2) is 5.43. The van der Waals surface area contributed by atoms with Crippen LogP contribution in [0.5, 0.6) is 0 Å². The monoisotopic (exact) mass is 264 g/mol. The number of aliphatic hydroxyl groups excluding tert-OH is 1. The zero-order chi connectivity index (χ0) is 13.9. The van der Waals surface area contributed by atoms with E-state index in [1.807, 2.05) is 0 Å². The summed E-state index contributed by atoms with van der Waals surface area (Å²) in [5.74, 6) is -0.207.